The summed E-state index contributed by atoms with van der Waals surface area (Å²) in [5.41, 5.74) is 8.15. The smallest absolute Gasteiger partial charge is 0.193 e. The maximum atomic E-state index is 5.93. The van der Waals surface area contributed by atoms with Crippen LogP contribution >= 0.6 is 0 Å². The summed E-state index contributed by atoms with van der Waals surface area (Å²) in [4.78, 5) is 6.83. The molecule has 1 atom stereocenters. The summed E-state index contributed by atoms with van der Waals surface area (Å²) in [5, 5.41) is 3.15. The molecule has 0 saturated carbocycles. The topological polar surface area (TPSA) is 53.6 Å². The quantitative estimate of drug-likeness (QED) is 0.646. The van der Waals surface area contributed by atoms with E-state index < -0.39 is 0 Å². The van der Waals surface area contributed by atoms with Gasteiger partial charge in [0.15, 0.2) is 5.96 Å². The third kappa shape index (κ3) is 4.56. The van der Waals surface area contributed by atoms with E-state index in [1.807, 2.05) is 12.1 Å². The minimum atomic E-state index is 0.513. The number of guanidine groups is 1. The Morgan fingerprint density at radius 3 is 3.11 bits per heavy atom. The lowest BCUT2D eigenvalue weighted by Gasteiger charge is -2.28. The van der Waals surface area contributed by atoms with Gasteiger partial charge in [-0.2, -0.15) is 0 Å². The molecule has 1 saturated heterocycles. The first-order chi connectivity index (χ1) is 9.13. The van der Waals surface area contributed by atoms with Crippen molar-refractivity contribution in [2.75, 3.05) is 32.0 Å². The summed E-state index contributed by atoms with van der Waals surface area (Å²) in [6, 6.07) is 8.15. The Labute approximate surface area is 115 Å². The number of nitrogens with one attached hydrogen (secondary N) is 1. The van der Waals surface area contributed by atoms with Gasteiger partial charge in [-0.05, 0) is 57.0 Å². The minimum absolute atomic E-state index is 0.513. The lowest BCUT2D eigenvalue weighted by molar-refractivity contribution is 0.214. The number of hydrogen-bond donors (Lipinski definition) is 2. The minimum Gasteiger partial charge on any atom is -0.370 e. The molecule has 4 heteroatoms. The summed E-state index contributed by atoms with van der Waals surface area (Å²) >= 11 is 0. The van der Waals surface area contributed by atoms with Gasteiger partial charge in [0.2, 0.25) is 0 Å². The van der Waals surface area contributed by atoms with E-state index >= 15 is 0 Å². The number of rotatable bonds is 3. The van der Waals surface area contributed by atoms with Gasteiger partial charge in [0, 0.05) is 18.8 Å². The fraction of sp³-hybridized carbons (Fsp3) is 0.533. The lowest BCUT2D eigenvalue weighted by Crippen LogP contribution is -2.34. The van der Waals surface area contributed by atoms with Gasteiger partial charge in [0.1, 0.15) is 0 Å². The molecule has 3 N–H and O–H groups in total. The standard InChI is InChI=1S/C15H24N4/c1-12-5-3-7-14(9-12)18-15(16)17-10-13-6-4-8-19(2)11-13/h3,5,7,9,13H,4,6,8,10-11H2,1-2H3,(H3,16,17,18). The van der Waals surface area contributed by atoms with Crippen molar-refractivity contribution in [3.05, 3.63) is 29.8 Å². The number of aryl methyl sites for hydroxylation is 1. The van der Waals surface area contributed by atoms with Crippen LogP contribution in [0.4, 0.5) is 5.69 Å². The molecule has 0 radical (unpaired) electrons. The zero-order chi connectivity index (χ0) is 13.7. The SMILES string of the molecule is Cc1cccc(NC(N)=NCC2CCCN(C)C2)c1. The summed E-state index contributed by atoms with van der Waals surface area (Å²) in [7, 11) is 2.17. The van der Waals surface area contributed by atoms with Crippen LogP contribution in [0.1, 0.15) is 18.4 Å². The molecule has 104 valence electrons. The van der Waals surface area contributed by atoms with Crippen LogP contribution in [0.15, 0.2) is 29.3 Å². The van der Waals surface area contributed by atoms with E-state index in [0.29, 0.717) is 11.9 Å². The van der Waals surface area contributed by atoms with E-state index in [2.05, 4.69) is 41.3 Å². The monoisotopic (exact) mass is 260 g/mol. The van der Waals surface area contributed by atoms with Crippen molar-refractivity contribution in [1.82, 2.24) is 4.90 Å². The van der Waals surface area contributed by atoms with Gasteiger partial charge in [-0.3, -0.25) is 4.99 Å². The van der Waals surface area contributed by atoms with E-state index in [1.54, 1.807) is 0 Å². The van der Waals surface area contributed by atoms with E-state index in [9.17, 15) is 0 Å². The van der Waals surface area contributed by atoms with Crippen molar-refractivity contribution in [2.45, 2.75) is 19.8 Å². The molecular formula is C15H24N4. The van der Waals surface area contributed by atoms with E-state index in [0.717, 1.165) is 18.8 Å². The Hall–Kier alpha value is -1.55. The van der Waals surface area contributed by atoms with Gasteiger partial charge in [-0.25, -0.2) is 0 Å². The highest BCUT2D eigenvalue weighted by molar-refractivity contribution is 5.92. The second kappa shape index (κ2) is 6.57. The summed E-state index contributed by atoms with van der Waals surface area (Å²) in [6.07, 6.45) is 2.52. The molecule has 0 aromatic heterocycles. The van der Waals surface area contributed by atoms with Gasteiger partial charge < -0.3 is 16.0 Å². The Morgan fingerprint density at radius 1 is 1.53 bits per heavy atom. The number of aliphatic imine (C=N–C) groups is 1. The number of likely N-dealkylation sites (tertiary alicyclic amines) is 1. The molecule has 0 bridgehead atoms. The molecule has 1 aliphatic rings. The first-order valence-corrected chi connectivity index (χ1v) is 6.95. The number of benzene rings is 1. The average Bonchev–Trinajstić information content (AvgIpc) is 2.36. The van der Waals surface area contributed by atoms with Crippen LogP contribution in [-0.4, -0.2) is 37.5 Å². The predicted molar refractivity (Wildman–Crippen MR) is 81.5 cm³/mol. The fourth-order valence-corrected chi connectivity index (χ4v) is 2.56. The molecule has 2 rings (SSSR count). The number of nitrogens with two attached hydrogens (primary N) is 1. The number of nitrogens with zero attached hydrogens (tertiary/aromatic N) is 2. The molecule has 1 aromatic carbocycles. The van der Waals surface area contributed by atoms with Gasteiger partial charge >= 0.3 is 0 Å². The van der Waals surface area contributed by atoms with E-state index in [-0.39, 0.29) is 0 Å². The maximum absolute atomic E-state index is 5.93. The van der Waals surface area contributed by atoms with E-state index in [1.165, 1.54) is 24.9 Å². The van der Waals surface area contributed by atoms with Crippen LogP contribution in [0, 0.1) is 12.8 Å². The second-order valence-electron chi connectivity index (χ2n) is 5.49. The van der Waals surface area contributed by atoms with Crippen molar-refractivity contribution in [1.29, 1.82) is 0 Å². The Balaban J connectivity index is 1.85. The number of hydrogen-bond acceptors (Lipinski definition) is 2. The number of anilines is 1. The highest BCUT2D eigenvalue weighted by Gasteiger charge is 2.16. The van der Waals surface area contributed by atoms with E-state index in [4.69, 9.17) is 5.73 Å². The maximum Gasteiger partial charge on any atom is 0.193 e. The van der Waals surface area contributed by atoms with Crippen LogP contribution < -0.4 is 11.1 Å². The molecule has 1 aliphatic heterocycles. The van der Waals surface area contributed by atoms with Gasteiger partial charge in [-0.1, -0.05) is 12.1 Å². The highest BCUT2D eigenvalue weighted by Crippen LogP contribution is 2.15. The summed E-state index contributed by atoms with van der Waals surface area (Å²) in [5.74, 6) is 1.15. The normalized spacial score (nSPS) is 21.4. The third-order valence-corrected chi connectivity index (χ3v) is 3.53. The molecule has 0 aliphatic carbocycles. The molecule has 1 unspecified atom stereocenters. The van der Waals surface area contributed by atoms with Crippen molar-refractivity contribution in [3.63, 3.8) is 0 Å². The van der Waals surface area contributed by atoms with Crippen molar-refractivity contribution >= 4 is 11.6 Å². The van der Waals surface area contributed by atoms with Crippen LogP contribution in [0.25, 0.3) is 0 Å². The highest BCUT2D eigenvalue weighted by atomic mass is 15.1. The number of piperidine rings is 1. The van der Waals surface area contributed by atoms with Crippen LogP contribution in [0.5, 0.6) is 0 Å². The average molecular weight is 260 g/mol. The second-order valence-corrected chi connectivity index (χ2v) is 5.49. The third-order valence-electron chi connectivity index (χ3n) is 3.53. The van der Waals surface area contributed by atoms with Crippen molar-refractivity contribution < 1.29 is 0 Å². The van der Waals surface area contributed by atoms with Crippen LogP contribution in [0.3, 0.4) is 0 Å². The fourth-order valence-electron chi connectivity index (χ4n) is 2.56. The molecule has 1 aromatic rings. The summed E-state index contributed by atoms with van der Waals surface area (Å²) < 4.78 is 0. The van der Waals surface area contributed by atoms with Gasteiger partial charge in [0.25, 0.3) is 0 Å². The first-order valence-electron chi connectivity index (χ1n) is 6.95. The van der Waals surface area contributed by atoms with Crippen LogP contribution in [0.2, 0.25) is 0 Å². The largest absolute Gasteiger partial charge is 0.370 e. The molecule has 1 heterocycles. The predicted octanol–water partition coefficient (Wildman–Crippen LogP) is 2.06. The molecule has 1 fully saturated rings. The molecule has 19 heavy (non-hydrogen) atoms. The Morgan fingerprint density at radius 2 is 2.37 bits per heavy atom. The van der Waals surface area contributed by atoms with Crippen molar-refractivity contribution in [2.24, 2.45) is 16.6 Å². The first kappa shape index (κ1) is 13.9. The van der Waals surface area contributed by atoms with Gasteiger partial charge in [-0.15, -0.1) is 0 Å². The molecule has 0 amide bonds. The van der Waals surface area contributed by atoms with Crippen molar-refractivity contribution in [3.8, 4) is 0 Å². The Kier molecular flexibility index (Phi) is 4.80. The zero-order valence-corrected chi connectivity index (χ0v) is 11.9. The molecular weight excluding hydrogens is 236 g/mol. The van der Waals surface area contributed by atoms with Crippen LogP contribution in [-0.2, 0) is 0 Å². The molecule has 4 nitrogen and oxygen atoms in total. The molecule has 0 spiro atoms. The Bertz CT molecular complexity index is 442. The summed E-state index contributed by atoms with van der Waals surface area (Å²) in [6.45, 7) is 5.21. The van der Waals surface area contributed by atoms with Gasteiger partial charge in [0.05, 0.1) is 0 Å². The zero-order valence-electron chi connectivity index (χ0n) is 11.9. The lowest BCUT2D eigenvalue weighted by atomic mass is 9.99.